The van der Waals surface area contributed by atoms with Gasteiger partial charge < -0.3 is 10.1 Å². The second kappa shape index (κ2) is 5.53. The lowest BCUT2D eigenvalue weighted by Crippen LogP contribution is -2.21. The highest BCUT2D eigenvalue weighted by Gasteiger charge is 2.13. The van der Waals surface area contributed by atoms with Gasteiger partial charge in [0.1, 0.15) is 5.75 Å². The van der Waals surface area contributed by atoms with Gasteiger partial charge in [0.05, 0.1) is 6.61 Å². The van der Waals surface area contributed by atoms with Crippen molar-refractivity contribution in [3.8, 4) is 5.75 Å². The number of amides is 1. The molecular formula is C14H17NO2. The molecule has 0 unspecified atom stereocenters. The lowest BCUT2D eigenvalue weighted by atomic mass is 10.0. The van der Waals surface area contributed by atoms with Crippen molar-refractivity contribution >= 4 is 12.0 Å². The molecule has 0 atom stereocenters. The minimum atomic E-state index is 0.0799. The van der Waals surface area contributed by atoms with Crippen molar-refractivity contribution in [2.24, 2.45) is 0 Å². The molecule has 0 fully saturated rings. The maximum absolute atomic E-state index is 11.0. The summed E-state index contributed by atoms with van der Waals surface area (Å²) in [6, 6.07) is 6.07. The number of hydrogen-bond donors (Lipinski definition) is 1. The van der Waals surface area contributed by atoms with Crippen molar-refractivity contribution < 1.29 is 9.53 Å². The van der Waals surface area contributed by atoms with Crippen LogP contribution in [0.1, 0.15) is 24.5 Å². The zero-order valence-corrected chi connectivity index (χ0v) is 10.0. The number of ether oxygens (including phenoxy) is 1. The first-order valence-corrected chi connectivity index (χ1v) is 5.99. The molecule has 90 valence electrons. The molecular weight excluding hydrogens is 214 g/mol. The van der Waals surface area contributed by atoms with Crippen LogP contribution in [-0.4, -0.2) is 19.1 Å². The summed E-state index contributed by atoms with van der Waals surface area (Å²) in [5.74, 6) is 1.07. The van der Waals surface area contributed by atoms with E-state index < -0.39 is 0 Å². The summed E-state index contributed by atoms with van der Waals surface area (Å²) >= 11 is 0. The maximum Gasteiger partial charge on any atom is 0.219 e. The third kappa shape index (κ3) is 2.87. The topological polar surface area (TPSA) is 38.3 Å². The first-order valence-electron chi connectivity index (χ1n) is 5.99. The van der Waals surface area contributed by atoms with Gasteiger partial charge in [-0.25, -0.2) is 0 Å². The molecule has 1 aliphatic rings. The molecule has 1 aliphatic heterocycles. The normalized spacial score (nSPS) is 13.5. The van der Waals surface area contributed by atoms with Crippen LogP contribution in [0.5, 0.6) is 5.75 Å². The van der Waals surface area contributed by atoms with Crippen molar-refractivity contribution in [2.75, 3.05) is 13.2 Å². The van der Waals surface area contributed by atoms with E-state index in [-0.39, 0.29) is 5.91 Å². The minimum Gasteiger partial charge on any atom is -0.493 e. The number of benzene rings is 1. The Labute approximate surface area is 101 Å². The standard InChI is InChI=1S/C14H17NO2/c1-2-14(16)15-9-4-6-11-5-3-7-13-12(11)8-10-17-13/h3-7H,2,8-10H2,1H3,(H,15,16)/b6-4+. The summed E-state index contributed by atoms with van der Waals surface area (Å²) in [5, 5.41) is 2.81. The predicted octanol–water partition coefficient (Wildman–Crippen LogP) is 2.16. The Hall–Kier alpha value is -1.77. The monoisotopic (exact) mass is 231 g/mol. The molecule has 2 rings (SSSR count). The maximum atomic E-state index is 11.0. The zero-order valence-electron chi connectivity index (χ0n) is 10.0. The van der Waals surface area contributed by atoms with Gasteiger partial charge in [-0.15, -0.1) is 0 Å². The van der Waals surface area contributed by atoms with Gasteiger partial charge in [-0.3, -0.25) is 4.79 Å². The third-order valence-corrected chi connectivity index (χ3v) is 2.81. The van der Waals surface area contributed by atoms with Crippen LogP contribution in [0.4, 0.5) is 0 Å². The van der Waals surface area contributed by atoms with Crippen molar-refractivity contribution in [3.05, 3.63) is 35.4 Å². The van der Waals surface area contributed by atoms with Crippen molar-refractivity contribution in [3.63, 3.8) is 0 Å². The van der Waals surface area contributed by atoms with Crippen LogP contribution < -0.4 is 10.1 Å². The quantitative estimate of drug-likeness (QED) is 0.862. The Balaban J connectivity index is 1.97. The van der Waals surface area contributed by atoms with Crippen molar-refractivity contribution in [1.29, 1.82) is 0 Å². The largest absolute Gasteiger partial charge is 0.493 e. The molecule has 3 nitrogen and oxygen atoms in total. The molecule has 0 saturated carbocycles. The fraction of sp³-hybridized carbons (Fsp3) is 0.357. The highest BCUT2D eigenvalue weighted by molar-refractivity contribution is 5.75. The number of nitrogens with one attached hydrogen (secondary N) is 1. The number of fused-ring (bicyclic) bond motifs is 1. The Morgan fingerprint density at radius 1 is 1.53 bits per heavy atom. The summed E-state index contributed by atoms with van der Waals surface area (Å²) in [6.45, 7) is 3.20. The van der Waals surface area contributed by atoms with Crippen molar-refractivity contribution in [1.82, 2.24) is 5.32 Å². The summed E-state index contributed by atoms with van der Waals surface area (Å²) in [4.78, 5) is 11.0. The van der Waals surface area contributed by atoms with Crippen LogP contribution in [-0.2, 0) is 11.2 Å². The summed E-state index contributed by atoms with van der Waals surface area (Å²) in [5.41, 5.74) is 2.45. The van der Waals surface area contributed by atoms with Gasteiger partial charge in [-0.2, -0.15) is 0 Å². The number of carbonyl (C=O) groups excluding carboxylic acids is 1. The molecule has 1 aromatic carbocycles. The Morgan fingerprint density at radius 3 is 3.24 bits per heavy atom. The minimum absolute atomic E-state index is 0.0799. The molecule has 0 spiro atoms. The second-order valence-electron chi connectivity index (χ2n) is 3.98. The average Bonchev–Trinajstić information content (AvgIpc) is 2.83. The molecule has 1 heterocycles. The van der Waals surface area contributed by atoms with E-state index >= 15 is 0 Å². The van der Waals surface area contributed by atoms with E-state index in [1.165, 1.54) is 11.1 Å². The number of rotatable bonds is 4. The van der Waals surface area contributed by atoms with E-state index in [1.54, 1.807) is 0 Å². The van der Waals surface area contributed by atoms with E-state index in [0.717, 1.165) is 18.8 Å². The Kier molecular flexibility index (Phi) is 3.81. The Bertz CT molecular complexity index is 438. The van der Waals surface area contributed by atoms with Crippen LogP contribution in [0.25, 0.3) is 6.08 Å². The first kappa shape index (κ1) is 11.7. The zero-order chi connectivity index (χ0) is 12.1. The molecule has 3 heteroatoms. The van der Waals surface area contributed by atoms with Gasteiger partial charge in [-0.05, 0) is 11.6 Å². The summed E-state index contributed by atoms with van der Waals surface area (Å²) < 4.78 is 5.50. The molecule has 1 amide bonds. The van der Waals surface area contributed by atoms with Gasteiger partial charge in [0.25, 0.3) is 0 Å². The SMILES string of the molecule is CCC(=O)NC/C=C/c1cccc2c1CCO2. The summed E-state index contributed by atoms with van der Waals surface area (Å²) in [6.07, 6.45) is 5.52. The highest BCUT2D eigenvalue weighted by atomic mass is 16.5. The highest BCUT2D eigenvalue weighted by Crippen LogP contribution is 2.28. The van der Waals surface area contributed by atoms with E-state index in [9.17, 15) is 4.79 Å². The predicted molar refractivity (Wildman–Crippen MR) is 68.0 cm³/mol. The first-order chi connectivity index (χ1) is 8.31. The molecule has 17 heavy (non-hydrogen) atoms. The van der Waals surface area contributed by atoms with Crippen LogP contribution in [0.2, 0.25) is 0 Å². The van der Waals surface area contributed by atoms with E-state index in [2.05, 4.69) is 11.4 Å². The molecule has 0 aliphatic carbocycles. The lowest BCUT2D eigenvalue weighted by Gasteiger charge is -2.02. The number of hydrogen-bond acceptors (Lipinski definition) is 2. The smallest absolute Gasteiger partial charge is 0.219 e. The lowest BCUT2D eigenvalue weighted by molar-refractivity contribution is -0.120. The van der Waals surface area contributed by atoms with E-state index in [4.69, 9.17) is 4.74 Å². The van der Waals surface area contributed by atoms with Crippen LogP contribution in [0.3, 0.4) is 0 Å². The Morgan fingerprint density at radius 2 is 2.41 bits per heavy atom. The van der Waals surface area contributed by atoms with Gasteiger partial charge >= 0.3 is 0 Å². The van der Waals surface area contributed by atoms with Crippen LogP contribution >= 0.6 is 0 Å². The second-order valence-corrected chi connectivity index (χ2v) is 3.98. The molecule has 0 saturated heterocycles. The molecule has 1 N–H and O–H groups in total. The fourth-order valence-electron chi connectivity index (χ4n) is 1.89. The van der Waals surface area contributed by atoms with Crippen molar-refractivity contribution in [2.45, 2.75) is 19.8 Å². The third-order valence-electron chi connectivity index (χ3n) is 2.81. The fourth-order valence-corrected chi connectivity index (χ4v) is 1.89. The van der Waals surface area contributed by atoms with Crippen LogP contribution in [0.15, 0.2) is 24.3 Å². The average molecular weight is 231 g/mol. The van der Waals surface area contributed by atoms with Gasteiger partial charge in [0.2, 0.25) is 5.91 Å². The van der Waals surface area contributed by atoms with Gasteiger partial charge in [0, 0.05) is 24.9 Å². The van der Waals surface area contributed by atoms with E-state index in [0.29, 0.717) is 13.0 Å². The van der Waals surface area contributed by atoms with Gasteiger partial charge in [-0.1, -0.05) is 31.2 Å². The molecule has 1 aromatic rings. The van der Waals surface area contributed by atoms with E-state index in [1.807, 2.05) is 31.2 Å². The molecule has 0 radical (unpaired) electrons. The summed E-state index contributed by atoms with van der Waals surface area (Å²) in [7, 11) is 0. The molecule has 0 bridgehead atoms. The number of carbonyl (C=O) groups is 1. The van der Waals surface area contributed by atoms with Crippen LogP contribution in [0, 0.1) is 0 Å². The van der Waals surface area contributed by atoms with Gasteiger partial charge in [0.15, 0.2) is 0 Å². The molecule has 0 aromatic heterocycles.